The summed E-state index contributed by atoms with van der Waals surface area (Å²) in [6.07, 6.45) is 11.3. The van der Waals surface area contributed by atoms with E-state index in [1.165, 1.54) is 42.6 Å². The van der Waals surface area contributed by atoms with Crippen LogP contribution in [0.2, 0.25) is 0 Å². The molecule has 13 heteroatoms. The smallest absolute Gasteiger partial charge is 0.261 e. The second-order valence-corrected chi connectivity index (χ2v) is 15.8. The molecule has 0 saturated carbocycles. The van der Waals surface area contributed by atoms with E-state index in [-0.39, 0.29) is 18.4 Å². The minimum Gasteiger partial charge on any atom is -0.497 e. The fourth-order valence-corrected chi connectivity index (χ4v) is 8.12. The quantitative estimate of drug-likeness (QED) is 0.0565. The summed E-state index contributed by atoms with van der Waals surface area (Å²) in [5, 5.41) is 8.74. The molecule has 1 N–H and O–H groups in total. The monoisotopic (exact) mass is 833 g/mol. The Bertz CT molecular complexity index is 2060. The maximum Gasteiger partial charge on any atom is 0.261 e. The van der Waals surface area contributed by atoms with Gasteiger partial charge in [0.15, 0.2) is 0 Å². The van der Waals surface area contributed by atoms with Gasteiger partial charge in [0.2, 0.25) is 0 Å². The number of hydrogen-bond donors (Lipinski definition) is 1. The SMILES string of the molecule is COc1cc(CNCc2ccc(OCCCCCCCCCCOCC3=CN(CCN4C(=O)c5cccc6c(N7CCOCC7)ccc(c56)C4=O)[N]N3C)cc2)cc(OC)c1. The summed E-state index contributed by atoms with van der Waals surface area (Å²) in [6, 6.07) is 23.8. The highest BCUT2D eigenvalue weighted by molar-refractivity contribution is 6.26. The minimum absolute atomic E-state index is 0.229. The van der Waals surface area contributed by atoms with Gasteiger partial charge in [-0.2, -0.15) is 0 Å². The number of hydrogen-bond acceptors (Lipinski definition) is 11. The molecule has 61 heavy (non-hydrogen) atoms. The van der Waals surface area contributed by atoms with Gasteiger partial charge in [0, 0.05) is 86.2 Å². The molecule has 3 aliphatic rings. The van der Waals surface area contributed by atoms with Crippen LogP contribution < -0.4 is 30.0 Å². The summed E-state index contributed by atoms with van der Waals surface area (Å²) in [5.74, 6) is 1.97. The Balaban J connectivity index is 0.713. The molecule has 7 rings (SSSR count). The Kier molecular flexibility index (Phi) is 15.7. The first-order valence-corrected chi connectivity index (χ1v) is 21.8. The molecule has 4 aromatic carbocycles. The predicted molar refractivity (Wildman–Crippen MR) is 237 cm³/mol. The highest BCUT2D eigenvalue weighted by atomic mass is 16.5. The van der Waals surface area contributed by atoms with Crippen LogP contribution in [-0.4, -0.2) is 107 Å². The van der Waals surface area contributed by atoms with Gasteiger partial charge in [0.1, 0.15) is 17.2 Å². The third-order valence-electron chi connectivity index (χ3n) is 11.5. The van der Waals surface area contributed by atoms with E-state index in [1.807, 2.05) is 61.8 Å². The van der Waals surface area contributed by atoms with Gasteiger partial charge in [-0.05, 0) is 72.0 Å². The molecule has 1 radical (unpaired) electrons. The third-order valence-corrected chi connectivity index (χ3v) is 11.5. The Morgan fingerprint density at radius 2 is 1.36 bits per heavy atom. The molecule has 0 aliphatic carbocycles. The zero-order valence-electron chi connectivity index (χ0n) is 36.0. The molecule has 13 nitrogen and oxygen atoms in total. The van der Waals surface area contributed by atoms with Crippen LogP contribution in [0.1, 0.15) is 83.2 Å². The molecule has 0 unspecified atom stereocenters. The maximum absolute atomic E-state index is 13.7. The number of unbranched alkanes of at least 4 members (excludes halogenated alkanes) is 7. The first-order chi connectivity index (χ1) is 29.9. The largest absolute Gasteiger partial charge is 0.497 e. The van der Waals surface area contributed by atoms with E-state index in [9.17, 15) is 9.59 Å². The molecular formula is C48H61N6O7. The van der Waals surface area contributed by atoms with Crippen LogP contribution in [0.25, 0.3) is 10.8 Å². The predicted octanol–water partition coefficient (Wildman–Crippen LogP) is 7.32. The molecule has 3 aliphatic heterocycles. The Morgan fingerprint density at radius 3 is 2.07 bits per heavy atom. The Labute approximate surface area is 360 Å². The number of methoxy groups -OCH3 is 2. The van der Waals surface area contributed by atoms with Crippen molar-refractivity contribution in [2.45, 2.75) is 64.5 Å². The van der Waals surface area contributed by atoms with Crippen LogP contribution in [0.5, 0.6) is 17.2 Å². The van der Waals surface area contributed by atoms with Gasteiger partial charge in [0.25, 0.3) is 11.8 Å². The van der Waals surface area contributed by atoms with Crippen molar-refractivity contribution in [1.82, 2.24) is 25.8 Å². The molecule has 325 valence electrons. The Hall–Kier alpha value is -5.34. The van der Waals surface area contributed by atoms with E-state index in [0.717, 1.165) is 97.0 Å². The molecular weight excluding hydrogens is 773 g/mol. The van der Waals surface area contributed by atoms with Crippen molar-refractivity contribution in [3.8, 4) is 17.2 Å². The van der Waals surface area contributed by atoms with Crippen LogP contribution in [0.15, 0.2) is 84.7 Å². The highest BCUT2D eigenvalue weighted by Gasteiger charge is 2.34. The molecule has 1 saturated heterocycles. The molecule has 4 aromatic rings. The number of carbonyl (C=O) groups excluding carboxylic acids is 2. The van der Waals surface area contributed by atoms with Crippen LogP contribution >= 0.6 is 0 Å². The van der Waals surface area contributed by atoms with Gasteiger partial charge >= 0.3 is 0 Å². The molecule has 0 spiro atoms. The number of imide groups is 1. The van der Waals surface area contributed by atoms with Crippen LogP contribution in [-0.2, 0) is 22.6 Å². The van der Waals surface area contributed by atoms with E-state index in [4.69, 9.17) is 23.7 Å². The van der Waals surface area contributed by atoms with Crippen molar-refractivity contribution in [1.29, 1.82) is 0 Å². The Morgan fingerprint density at radius 1 is 0.705 bits per heavy atom. The number of benzene rings is 4. The molecule has 0 aromatic heterocycles. The van der Waals surface area contributed by atoms with E-state index < -0.39 is 0 Å². The standard InChI is InChI=1S/C48H61N6O7/c1-51-38(34-53(50-51)21-22-54-47(55)43-14-12-13-42-45(52-23-27-59-28-24-52)20-19-44(46(42)43)48(54)56)35-60-25-10-8-6-4-5-7-9-11-26-61-39-17-15-36(16-18-39)32-49-33-37-29-40(57-2)31-41(30-37)58-3/h12-20,29-31,34,49H,4-11,21-28,32-33,35H2,1-3H3. The minimum atomic E-state index is -0.264. The number of carbonyl (C=O) groups is 2. The zero-order chi connectivity index (χ0) is 42.4. The lowest BCUT2D eigenvalue weighted by Gasteiger charge is -2.32. The lowest BCUT2D eigenvalue weighted by Crippen LogP contribution is -2.45. The molecule has 2 amide bonds. The summed E-state index contributed by atoms with van der Waals surface area (Å²) in [6.45, 7) is 6.90. The van der Waals surface area contributed by atoms with Crippen molar-refractivity contribution in [2.24, 2.45) is 0 Å². The first kappa shape index (κ1) is 43.7. The zero-order valence-corrected chi connectivity index (χ0v) is 36.0. The maximum atomic E-state index is 13.7. The molecule has 3 heterocycles. The van der Waals surface area contributed by atoms with Crippen molar-refractivity contribution < 1.29 is 33.3 Å². The second kappa shape index (κ2) is 22.0. The van der Waals surface area contributed by atoms with Gasteiger partial charge < -0.3 is 33.9 Å². The number of likely N-dealkylation sites (N-methyl/N-ethyl adjacent to an activating group) is 1. The number of ether oxygens (including phenoxy) is 5. The number of rotatable bonds is 24. The number of anilines is 1. The molecule has 1 fully saturated rings. The summed E-state index contributed by atoms with van der Waals surface area (Å²) in [5.41, 5.74) is 10.0. The van der Waals surface area contributed by atoms with Crippen molar-refractivity contribution >= 4 is 28.3 Å². The third kappa shape index (κ3) is 11.5. The average molecular weight is 834 g/mol. The fraction of sp³-hybridized carbons (Fsp3) is 0.458. The summed E-state index contributed by atoms with van der Waals surface area (Å²) >= 11 is 0. The normalized spacial score (nSPS) is 15.2. The van der Waals surface area contributed by atoms with Gasteiger partial charge in [-0.25, -0.2) is 0 Å². The summed E-state index contributed by atoms with van der Waals surface area (Å²) < 4.78 is 28.3. The van der Waals surface area contributed by atoms with E-state index in [2.05, 4.69) is 40.0 Å². The number of amides is 2. The van der Waals surface area contributed by atoms with E-state index >= 15 is 0 Å². The second-order valence-electron chi connectivity index (χ2n) is 15.8. The van der Waals surface area contributed by atoms with Crippen molar-refractivity contribution in [3.05, 3.63) is 107 Å². The molecule has 0 atom stereocenters. The van der Waals surface area contributed by atoms with Gasteiger partial charge in [0.05, 0.1) is 52.9 Å². The lowest BCUT2D eigenvalue weighted by molar-refractivity contribution is 0.0568. The number of nitrogens with one attached hydrogen (secondary N) is 1. The highest BCUT2D eigenvalue weighted by Crippen LogP contribution is 2.36. The average Bonchev–Trinajstić information content (AvgIpc) is 3.65. The van der Waals surface area contributed by atoms with Crippen LogP contribution in [0.4, 0.5) is 5.69 Å². The van der Waals surface area contributed by atoms with Crippen molar-refractivity contribution in [2.75, 3.05) is 85.4 Å². The molecule has 0 bridgehead atoms. The first-order valence-electron chi connectivity index (χ1n) is 21.8. The van der Waals surface area contributed by atoms with Gasteiger partial charge in [-0.15, -0.1) is 0 Å². The van der Waals surface area contributed by atoms with Crippen LogP contribution in [0.3, 0.4) is 0 Å². The number of morpholine rings is 1. The van der Waals surface area contributed by atoms with E-state index in [0.29, 0.717) is 44.1 Å². The van der Waals surface area contributed by atoms with Crippen LogP contribution in [0, 0.1) is 0 Å². The fourth-order valence-electron chi connectivity index (χ4n) is 8.12. The van der Waals surface area contributed by atoms with E-state index in [1.54, 1.807) is 24.2 Å². The summed E-state index contributed by atoms with van der Waals surface area (Å²) in [4.78, 5) is 30.9. The lowest BCUT2D eigenvalue weighted by atomic mass is 9.92. The van der Waals surface area contributed by atoms with Gasteiger partial charge in [-0.1, -0.05) is 62.8 Å². The topological polar surface area (TPSA) is 119 Å². The van der Waals surface area contributed by atoms with Gasteiger partial charge in [-0.3, -0.25) is 24.5 Å². The number of nitrogens with zero attached hydrogens (tertiary/aromatic N) is 5. The summed E-state index contributed by atoms with van der Waals surface area (Å²) in [7, 11) is 5.22. The van der Waals surface area contributed by atoms with Crippen molar-refractivity contribution in [3.63, 3.8) is 0 Å².